The van der Waals surface area contributed by atoms with E-state index in [0.717, 1.165) is 0 Å². The highest BCUT2D eigenvalue weighted by Crippen LogP contribution is 2.40. The Bertz CT molecular complexity index is 232. The molecular weight excluding hydrogens is 511 g/mol. The molecule has 0 bridgehead atoms. The number of ether oxygens (including phenoxy) is 1. The van der Waals surface area contributed by atoms with Gasteiger partial charge in [-0.05, 0) is 67.8 Å². The van der Waals surface area contributed by atoms with Crippen LogP contribution in [0.2, 0.25) is 0 Å². The second-order valence-electron chi connectivity index (χ2n) is 2.02. The monoisotopic (exact) mass is 519 g/mol. The number of halogens is 3. The highest BCUT2D eigenvalue weighted by molar-refractivity contribution is 14.3. The van der Waals surface area contributed by atoms with Gasteiger partial charge in [0.1, 0.15) is 6.61 Å². The molecule has 0 spiro atoms. The molecule has 74 valence electrons. The van der Waals surface area contributed by atoms with Crippen LogP contribution in [0.15, 0.2) is 24.4 Å². The molecule has 6 heteroatoms. The van der Waals surface area contributed by atoms with Crippen molar-refractivity contribution in [1.82, 2.24) is 0 Å². The summed E-state index contributed by atoms with van der Waals surface area (Å²) in [6.45, 7) is 3.63. The highest BCUT2D eigenvalue weighted by Gasteiger charge is 2.21. The fraction of sp³-hybridized carbons (Fsp3) is 0.286. The van der Waals surface area contributed by atoms with Gasteiger partial charge in [0.25, 0.3) is 0 Å². The Kier molecular flexibility index (Phi) is 6.89. The number of allylic oxidation sites excluding steroid dienone is 1. The fourth-order valence-electron chi connectivity index (χ4n) is 0.392. The van der Waals surface area contributed by atoms with Crippen LogP contribution in [0.1, 0.15) is 0 Å². The summed E-state index contributed by atoms with van der Waals surface area (Å²) in [7, 11) is 0. The predicted molar refractivity (Wildman–Crippen MR) is 78.2 cm³/mol. The number of esters is 1. The number of hydrogen-bond donors (Lipinski definition) is 1. The SMILES string of the molecule is C=CCOC(=O)C=C(N)C(I)(I)I. The molecule has 0 atom stereocenters. The summed E-state index contributed by atoms with van der Waals surface area (Å²) in [5, 5.41) is 0. The molecule has 0 aromatic heterocycles. The van der Waals surface area contributed by atoms with E-state index in [1.807, 2.05) is 0 Å². The summed E-state index contributed by atoms with van der Waals surface area (Å²) in [6.07, 6.45) is 2.79. The minimum Gasteiger partial charge on any atom is -0.458 e. The number of carbonyl (C=O) groups is 1. The first kappa shape index (κ1) is 13.9. The molecule has 0 aromatic rings. The van der Waals surface area contributed by atoms with Crippen molar-refractivity contribution in [2.45, 2.75) is -0.565 Å². The first-order valence-electron chi connectivity index (χ1n) is 3.20. The lowest BCUT2D eigenvalue weighted by Crippen LogP contribution is -2.16. The number of carbonyl (C=O) groups excluding carboxylic acids is 1. The summed E-state index contributed by atoms with van der Waals surface area (Å²) in [5.74, 6) is -0.438. The van der Waals surface area contributed by atoms with E-state index in [2.05, 4.69) is 74.4 Å². The lowest BCUT2D eigenvalue weighted by molar-refractivity contribution is -0.136. The predicted octanol–water partition coefficient (Wildman–Crippen LogP) is 2.52. The summed E-state index contributed by atoms with van der Waals surface area (Å²) in [6, 6.07) is 0. The number of hydrogen-bond acceptors (Lipinski definition) is 3. The van der Waals surface area contributed by atoms with E-state index in [1.54, 1.807) is 0 Å². The van der Waals surface area contributed by atoms with Crippen molar-refractivity contribution in [3.63, 3.8) is 0 Å². The largest absolute Gasteiger partial charge is 0.458 e. The summed E-state index contributed by atoms with van der Waals surface area (Å²) in [4.78, 5) is 11.0. The topological polar surface area (TPSA) is 52.3 Å². The van der Waals surface area contributed by atoms with Gasteiger partial charge in [0.2, 0.25) is 0 Å². The van der Waals surface area contributed by atoms with E-state index in [4.69, 9.17) is 10.5 Å². The molecule has 0 aliphatic carbocycles. The lowest BCUT2D eigenvalue weighted by Gasteiger charge is -2.11. The van der Waals surface area contributed by atoms with Gasteiger partial charge in [-0.1, -0.05) is 12.7 Å². The van der Waals surface area contributed by atoms with Crippen molar-refractivity contribution in [1.29, 1.82) is 0 Å². The molecule has 0 fully saturated rings. The van der Waals surface area contributed by atoms with Gasteiger partial charge >= 0.3 is 5.97 Å². The van der Waals surface area contributed by atoms with Gasteiger partial charge in [0.15, 0.2) is -0.565 Å². The third-order valence-electron chi connectivity index (χ3n) is 0.944. The summed E-state index contributed by atoms with van der Waals surface area (Å²) >= 11 is 6.38. The van der Waals surface area contributed by atoms with Crippen LogP contribution >= 0.6 is 67.8 Å². The van der Waals surface area contributed by atoms with E-state index in [1.165, 1.54) is 12.2 Å². The molecule has 0 heterocycles. The van der Waals surface area contributed by atoms with Crippen molar-refractivity contribution >= 4 is 73.7 Å². The molecule has 0 rings (SSSR count). The number of nitrogens with two attached hydrogens (primary N) is 1. The molecule has 0 aliphatic rings. The van der Waals surface area contributed by atoms with Gasteiger partial charge in [0.05, 0.1) is 5.70 Å². The van der Waals surface area contributed by atoms with Gasteiger partial charge in [-0.15, -0.1) is 0 Å². The fourth-order valence-corrected chi connectivity index (χ4v) is 0.859. The van der Waals surface area contributed by atoms with E-state index >= 15 is 0 Å². The van der Waals surface area contributed by atoms with Crippen molar-refractivity contribution < 1.29 is 9.53 Å². The molecule has 13 heavy (non-hydrogen) atoms. The average molecular weight is 519 g/mol. The average Bonchev–Trinajstić information content (AvgIpc) is 1.99. The van der Waals surface area contributed by atoms with Crippen LogP contribution in [0.5, 0.6) is 0 Å². The Morgan fingerprint density at radius 2 is 2.08 bits per heavy atom. The first-order chi connectivity index (χ1) is 5.88. The Morgan fingerprint density at radius 1 is 1.54 bits per heavy atom. The van der Waals surface area contributed by atoms with Crippen LogP contribution in [0.3, 0.4) is 0 Å². The minimum absolute atomic E-state index is 0.208. The van der Waals surface area contributed by atoms with Crippen molar-refractivity contribution in [3.05, 3.63) is 24.4 Å². The molecule has 0 unspecified atom stereocenters. The smallest absolute Gasteiger partial charge is 0.332 e. The second-order valence-corrected chi connectivity index (χ2v) is 13.1. The summed E-state index contributed by atoms with van der Waals surface area (Å²) < 4.78 is 4.44. The Labute approximate surface area is 118 Å². The second kappa shape index (κ2) is 6.43. The van der Waals surface area contributed by atoms with Gasteiger partial charge in [0, 0.05) is 6.08 Å². The molecule has 0 saturated heterocycles. The Morgan fingerprint density at radius 3 is 2.46 bits per heavy atom. The minimum atomic E-state index is -0.438. The maximum absolute atomic E-state index is 11.0. The van der Waals surface area contributed by atoms with Gasteiger partial charge in [-0.3, -0.25) is 0 Å². The molecule has 0 radical (unpaired) electrons. The van der Waals surface area contributed by atoms with Crippen LogP contribution in [0.4, 0.5) is 0 Å². The van der Waals surface area contributed by atoms with Crippen molar-refractivity contribution in [3.8, 4) is 0 Å². The molecule has 0 saturated carbocycles. The van der Waals surface area contributed by atoms with Gasteiger partial charge in [-0.25, -0.2) is 4.79 Å². The number of alkyl halides is 3. The third-order valence-corrected chi connectivity index (χ3v) is 2.81. The van der Waals surface area contributed by atoms with Crippen molar-refractivity contribution in [2.24, 2.45) is 5.73 Å². The quantitative estimate of drug-likeness (QED) is 0.205. The summed E-state index contributed by atoms with van der Waals surface area (Å²) in [5.41, 5.74) is 6.11. The zero-order chi connectivity index (χ0) is 10.5. The Balaban J connectivity index is 4.22. The van der Waals surface area contributed by atoms with E-state index < -0.39 is 5.97 Å². The maximum Gasteiger partial charge on any atom is 0.332 e. The standard InChI is InChI=1S/C7H8I3NO2/c1-2-3-13-6(12)4-5(11)7(8,9)10/h2,4H,1,3,11H2. The molecule has 0 aliphatic heterocycles. The van der Waals surface area contributed by atoms with Crippen LogP contribution in [-0.2, 0) is 9.53 Å². The molecule has 3 nitrogen and oxygen atoms in total. The zero-order valence-corrected chi connectivity index (χ0v) is 13.1. The molecule has 0 amide bonds. The normalized spacial score (nSPS) is 12.4. The first-order valence-corrected chi connectivity index (χ1v) is 6.43. The molecule has 0 aromatic carbocycles. The maximum atomic E-state index is 11.0. The van der Waals surface area contributed by atoms with E-state index in [9.17, 15) is 4.79 Å². The third kappa shape index (κ3) is 6.94. The van der Waals surface area contributed by atoms with E-state index in [0.29, 0.717) is 5.70 Å². The molecule has 2 N–H and O–H groups in total. The number of rotatable bonds is 4. The van der Waals surface area contributed by atoms with Crippen LogP contribution in [0.25, 0.3) is 0 Å². The van der Waals surface area contributed by atoms with Crippen LogP contribution < -0.4 is 5.73 Å². The van der Waals surface area contributed by atoms with E-state index in [-0.39, 0.29) is 6.04 Å². The van der Waals surface area contributed by atoms with Gasteiger partial charge < -0.3 is 10.5 Å². The Hall–Kier alpha value is 0.940. The van der Waals surface area contributed by atoms with Crippen LogP contribution in [-0.4, -0.2) is 12.0 Å². The molecular formula is C7H8I3NO2. The van der Waals surface area contributed by atoms with Crippen molar-refractivity contribution in [2.75, 3.05) is 6.61 Å². The van der Waals surface area contributed by atoms with Crippen LogP contribution in [0, 0.1) is 0 Å². The highest BCUT2D eigenvalue weighted by atomic mass is 127. The van der Waals surface area contributed by atoms with Gasteiger partial charge in [-0.2, -0.15) is 0 Å². The zero-order valence-electron chi connectivity index (χ0n) is 6.60. The lowest BCUT2D eigenvalue weighted by atomic mass is 10.4.